The van der Waals surface area contributed by atoms with Crippen molar-refractivity contribution in [2.45, 2.75) is 0 Å². The van der Waals surface area contributed by atoms with Gasteiger partial charge >= 0.3 is 0 Å². The summed E-state index contributed by atoms with van der Waals surface area (Å²) in [6.07, 6.45) is 0. The van der Waals surface area contributed by atoms with Gasteiger partial charge in [0.1, 0.15) is 0 Å². The van der Waals surface area contributed by atoms with Crippen LogP contribution in [0.1, 0.15) is 0 Å². The Morgan fingerprint density at radius 2 is 0.527 bits per heavy atom. The molecule has 9 aromatic carbocycles. The lowest BCUT2D eigenvalue weighted by atomic mass is 9.84. The van der Waals surface area contributed by atoms with Gasteiger partial charge in [-0.25, -0.2) is 0 Å². The molecule has 0 saturated carbocycles. The zero-order chi connectivity index (χ0) is 36.8. The third-order valence-corrected chi connectivity index (χ3v) is 10.3. The molecule has 9 rings (SSSR count). The van der Waals surface area contributed by atoms with Gasteiger partial charge in [0.25, 0.3) is 0 Å². The van der Waals surface area contributed by atoms with Crippen LogP contribution in [0.2, 0.25) is 0 Å². The molecule has 260 valence electrons. The van der Waals surface area contributed by atoms with Crippen LogP contribution in [-0.4, -0.2) is 0 Å². The second-order valence-electron chi connectivity index (χ2n) is 13.8. The Balaban J connectivity index is 1.13. The van der Waals surface area contributed by atoms with Gasteiger partial charge in [-0.3, -0.25) is 0 Å². The Morgan fingerprint density at radius 3 is 1.00 bits per heavy atom. The summed E-state index contributed by atoms with van der Waals surface area (Å²) in [5.41, 5.74) is 17.7. The number of anilines is 3. The van der Waals surface area contributed by atoms with Crippen LogP contribution in [0.5, 0.6) is 0 Å². The van der Waals surface area contributed by atoms with Crippen LogP contribution in [-0.2, 0) is 0 Å². The number of benzene rings is 9. The molecule has 0 bridgehead atoms. The molecule has 0 heterocycles. The smallest absolute Gasteiger partial charge is 0.0462 e. The van der Waals surface area contributed by atoms with Crippen molar-refractivity contribution in [3.63, 3.8) is 0 Å². The van der Waals surface area contributed by atoms with E-state index in [-0.39, 0.29) is 0 Å². The summed E-state index contributed by atoms with van der Waals surface area (Å²) in [6.45, 7) is 0. The lowest BCUT2D eigenvalue weighted by molar-refractivity contribution is 1.28. The first-order valence-corrected chi connectivity index (χ1v) is 18.8. The van der Waals surface area contributed by atoms with Crippen molar-refractivity contribution in [1.29, 1.82) is 0 Å². The van der Waals surface area contributed by atoms with Crippen LogP contribution in [0.25, 0.3) is 66.8 Å². The van der Waals surface area contributed by atoms with Crippen molar-refractivity contribution in [2.75, 3.05) is 4.90 Å². The Labute approximate surface area is 324 Å². The normalized spacial score (nSPS) is 10.9. The van der Waals surface area contributed by atoms with Crippen LogP contribution in [0.3, 0.4) is 0 Å². The SMILES string of the molecule is c1ccc(-c2ccc(N(c3ccccc3)c3ccc(-c4cccc(-c5c(-c6ccccc6)cc(-c6ccccc6)cc5-c5ccccc5)c4)cc3)cc2)cc1. The minimum Gasteiger partial charge on any atom is -0.311 e. The summed E-state index contributed by atoms with van der Waals surface area (Å²) < 4.78 is 0. The summed E-state index contributed by atoms with van der Waals surface area (Å²) >= 11 is 0. The maximum atomic E-state index is 2.36. The summed E-state index contributed by atoms with van der Waals surface area (Å²) in [6, 6.07) is 85.0. The van der Waals surface area contributed by atoms with E-state index in [1.807, 2.05) is 0 Å². The highest BCUT2D eigenvalue weighted by molar-refractivity contribution is 5.98. The van der Waals surface area contributed by atoms with E-state index in [0.29, 0.717) is 0 Å². The molecule has 0 spiro atoms. The Kier molecular flexibility index (Phi) is 9.41. The zero-order valence-corrected chi connectivity index (χ0v) is 30.5. The van der Waals surface area contributed by atoms with E-state index in [1.165, 1.54) is 66.8 Å². The molecule has 1 nitrogen and oxygen atoms in total. The molecule has 0 atom stereocenters. The lowest BCUT2D eigenvalue weighted by Crippen LogP contribution is -2.09. The molecule has 0 radical (unpaired) electrons. The van der Waals surface area contributed by atoms with E-state index >= 15 is 0 Å². The van der Waals surface area contributed by atoms with Crippen LogP contribution < -0.4 is 4.90 Å². The maximum Gasteiger partial charge on any atom is 0.0462 e. The van der Waals surface area contributed by atoms with E-state index in [0.717, 1.165) is 17.1 Å². The molecule has 0 fully saturated rings. The fourth-order valence-corrected chi connectivity index (χ4v) is 7.56. The molecular weight excluding hydrogens is 663 g/mol. The Bertz CT molecular complexity index is 2570. The predicted molar refractivity (Wildman–Crippen MR) is 234 cm³/mol. The van der Waals surface area contributed by atoms with Crippen LogP contribution >= 0.6 is 0 Å². The lowest BCUT2D eigenvalue weighted by Gasteiger charge is -2.26. The van der Waals surface area contributed by atoms with Crippen molar-refractivity contribution in [3.05, 3.63) is 237 Å². The zero-order valence-electron chi connectivity index (χ0n) is 30.5. The monoisotopic (exact) mass is 701 g/mol. The van der Waals surface area contributed by atoms with Gasteiger partial charge in [-0.1, -0.05) is 182 Å². The maximum absolute atomic E-state index is 2.36. The molecule has 55 heavy (non-hydrogen) atoms. The van der Waals surface area contributed by atoms with Gasteiger partial charge in [-0.2, -0.15) is 0 Å². The predicted octanol–water partition coefficient (Wildman–Crippen LogP) is 15.2. The van der Waals surface area contributed by atoms with E-state index in [9.17, 15) is 0 Å². The Morgan fingerprint density at radius 1 is 0.200 bits per heavy atom. The molecule has 0 saturated heterocycles. The van der Waals surface area contributed by atoms with Crippen LogP contribution in [0.15, 0.2) is 237 Å². The Hall–Kier alpha value is -7.22. The molecule has 0 aliphatic carbocycles. The average Bonchev–Trinajstić information content (AvgIpc) is 3.28. The second kappa shape index (κ2) is 15.4. The number of rotatable bonds is 9. The van der Waals surface area contributed by atoms with Crippen molar-refractivity contribution in [1.82, 2.24) is 0 Å². The third-order valence-electron chi connectivity index (χ3n) is 10.3. The summed E-state index contributed by atoms with van der Waals surface area (Å²) in [7, 11) is 0. The standard InChI is InChI=1S/C54H39N/c1-6-17-40(18-7-1)42-29-33-50(34-30-42)55(49-27-14-5-15-28-49)51-35-31-43(32-36-51)46-25-16-26-47(37-46)54-52(44-21-10-3-11-22-44)38-48(41-19-8-2-9-20-41)39-53(54)45-23-12-4-13-24-45/h1-39H. The van der Waals surface area contributed by atoms with Gasteiger partial charge in [0, 0.05) is 17.1 Å². The summed E-state index contributed by atoms with van der Waals surface area (Å²) in [4.78, 5) is 2.32. The highest BCUT2D eigenvalue weighted by atomic mass is 15.1. The van der Waals surface area contributed by atoms with Gasteiger partial charge in [0.05, 0.1) is 0 Å². The molecular formula is C54H39N. The first-order chi connectivity index (χ1) is 27.3. The molecule has 0 unspecified atom stereocenters. The van der Waals surface area contributed by atoms with Gasteiger partial charge in [-0.05, 0) is 121 Å². The first-order valence-electron chi connectivity index (χ1n) is 18.8. The molecule has 0 N–H and O–H groups in total. The molecule has 0 aromatic heterocycles. The van der Waals surface area contributed by atoms with Crippen molar-refractivity contribution < 1.29 is 0 Å². The largest absolute Gasteiger partial charge is 0.311 e. The molecule has 9 aromatic rings. The minimum atomic E-state index is 1.10. The quantitative estimate of drug-likeness (QED) is 0.145. The molecule has 0 aliphatic heterocycles. The van der Waals surface area contributed by atoms with Crippen LogP contribution in [0, 0.1) is 0 Å². The number of nitrogens with zero attached hydrogens (tertiary/aromatic N) is 1. The van der Waals surface area contributed by atoms with Gasteiger partial charge < -0.3 is 4.90 Å². The first kappa shape index (κ1) is 33.6. The van der Waals surface area contributed by atoms with E-state index in [1.54, 1.807) is 0 Å². The average molecular weight is 702 g/mol. The number of para-hydroxylation sites is 1. The molecule has 0 aliphatic rings. The fraction of sp³-hybridized carbons (Fsp3) is 0. The minimum absolute atomic E-state index is 1.10. The van der Waals surface area contributed by atoms with E-state index in [4.69, 9.17) is 0 Å². The fourth-order valence-electron chi connectivity index (χ4n) is 7.56. The highest BCUT2D eigenvalue weighted by Gasteiger charge is 2.18. The third kappa shape index (κ3) is 7.12. The molecule has 0 amide bonds. The topological polar surface area (TPSA) is 3.24 Å². The van der Waals surface area contributed by atoms with Crippen molar-refractivity contribution >= 4 is 17.1 Å². The van der Waals surface area contributed by atoms with Gasteiger partial charge in [-0.15, -0.1) is 0 Å². The van der Waals surface area contributed by atoms with E-state index < -0.39 is 0 Å². The summed E-state index contributed by atoms with van der Waals surface area (Å²) in [5.74, 6) is 0. The van der Waals surface area contributed by atoms with Crippen molar-refractivity contribution in [3.8, 4) is 66.8 Å². The van der Waals surface area contributed by atoms with Gasteiger partial charge in [0.2, 0.25) is 0 Å². The number of hydrogen-bond donors (Lipinski definition) is 0. The van der Waals surface area contributed by atoms with Gasteiger partial charge in [0.15, 0.2) is 0 Å². The molecule has 1 heteroatoms. The van der Waals surface area contributed by atoms with E-state index in [2.05, 4.69) is 241 Å². The summed E-state index contributed by atoms with van der Waals surface area (Å²) in [5, 5.41) is 0. The highest BCUT2D eigenvalue weighted by Crippen LogP contribution is 2.44. The van der Waals surface area contributed by atoms with Crippen molar-refractivity contribution in [2.24, 2.45) is 0 Å². The number of hydrogen-bond acceptors (Lipinski definition) is 1. The second-order valence-corrected chi connectivity index (χ2v) is 13.8. The van der Waals surface area contributed by atoms with Crippen LogP contribution in [0.4, 0.5) is 17.1 Å².